The molecule has 2 fully saturated rings. The Morgan fingerprint density at radius 2 is 1.73 bits per heavy atom. The van der Waals surface area contributed by atoms with Crippen LogP contribution in [0.25, 0.3) is 0 Å². The van der Waals surface area contributed by atoms with Gasteiger partial charge in [-0.3, -0.25) is 14.5 Å². The zero-order valence-corrected chi connectivity index (χ0v) is 31.0. The quantitative estimate of drug-likeness (QED) is 0.268. The number of carbonyl (C=O) groups is 2. The van der Waals surface area contributed by atoms with Crippen molar-refractivity contribution in [1.82, 2.24) is 19.7 Å². The number of hydrogen-bond donors (Lipinski definition) is 0. The molecule has 4 heterocycles. The maximum Gasteiger partial charge on any atom is 0.274 e. The Morgan fingerprint density at radius 3 is 2.38 bits per heavy atom. The van der Waals surface area contributed by atoms with Gasteiger partial charge in [-0.15, -0.1) is 0 Å². The summed E-state index contributed by atoms with van der Waals surface area (Å²) in [6.45, 7) is 10.4. The molecule has 0 spiro atoms. The fourth-order valence-electron chi connectivity index (χ4n) is 7.83. The predicted molar refractivity (Wildman–Crippen MR) is 194 cm³/mol. The van der Waals surface area contributed by atoms with E-state index in [-0.39, 0.29) is 51.4 Å². The lowest BCUT2D eigenvalue weighted by Crippen LogP contribution is -2.54. The van der Waals surface area contributed by atoms with E-state index in [0.29, 0.717) is 24.9 Å². The Morgan fingerprint density at radius 1 is 0.981 bits per heavy atom. The smallest absolute Gasteiger partial charge is 0.274 e. The van der Waals surface area contributed by atoms with Crippen molar-refractivity contribution in [2.24, 2.45) is 0 Å². The number of sulfonamides is 1. The molecule has 6 rings (SSSR count). The Kier molecular flexibility index (Phi) is 11.0. The van der Waals surface area contributed by atoms with Gasteiger partial charge in [0.05, 0.1) is 38.1 Å². The van der Waals surface area contributed by atoms with E-state index < -0.39 is 27.8 Å². The number of anilines is 1. The van der Waals surface area contributed by atoms with Crippen LogP contribution < -0.4 is 18.5 Å². The van der Waals surface area contributed by atoms with Gasteiger partial charge in [-0.1, -0.05) is 13.0 Å². The SMILES string of the molecule is CCCN1CCN(C2CCN(C(=O)CC3(c4cccnc4OCC)C(=O)N(S(=O)(=O)c4ccc(OC)cc4OC)c4ccc(C#N)cc43)CC2)CC1. The number of benzene rings is 2. The first-order valence-corrected chi connectivity index (χ1v) is 19.3. The highest BCUT2D eigenvalue weighted by Gasteiger charge is 2.59. The molecule has 0 radical (unpaired) electrons. The van der Waals surface area contributed by atoms with Crippen molar-refractivity contribution in [3.05, 3.63) is 71.4 Å². The van der Waals surface area contributed by atoms with Crippen molar-refractivity contribution in [3.8, 4) is 23.4 Å². The fourth-order valence-corrected chi connectivity index (χ4v) is 9.45. The number of carbonyl (C=O) groups excluding carboxylic acids is 2. The number of pyridine rings is 1. The summed E-state index contributed by atoms with van der Waals surface area (Å²) in [5.74, 6) is -0.747. The van der Waals surface area contributed by atoms with Crippen molar-refractivity contribution < 1.29 is 32.2 Å². The molecule has 1 atom stereocenters. The lowest BCUT2D eigenvalue weighted by Gasteiger charge is -2.43. The van der Waals surface area contributed by atoms with E-state index in [0.717, 1.165) is 56.3 Å². The second kappa shape index (κ2) is 15.5. The molecule has 0 saturated carbocycles. The van der Waals surface area contributed by atoms with Gasteiger partial charge < -0.3 is 24.0 Å². The summed E-state index contributed by atoms with van der Waals surface area (Å²) < 4.78 is 46.7. The molecule has 1 aromatic heterocycles. The van der Waals surface area contributed by atoms with Crippen molar-refractivity contribution in [1.29, 1.82) is 5.26 Å². The number of nitriles is 1. The Balaban J connectivity index is 1.40. The van der Waals surface area contributed by atoms with Crippen molar-refractivity contribution >= 4 is 27.5 Å². The number of nitrogens with zero attached hydrogens (tertiary/aromatic N) is 6. The second-order valence-corrected chi connectivity index (χ2v) is 15.1. The topological polar surface area (TPSA) is 146 Å². The zero-order chi connectivity index (χ0) is 37.0. The molecule has 2 aromatic carbocycles. The van der Waals surface area contributed by atoms with E-state index in [2.05, 4.69) is 27.8 Å². The van der Waals surface area contributed by atoms with Gasteiger partial charge in [0.15, 0.2) is 0 Å². The van der Waals surface area contributed by atoms with Crippen LogP contribution in [0.1, 0.15) is 56.2 Å². The molecular formula is C38H46N6O7S. The minimum absolute atomic E-state index is 0.0260. The van der Waals surface area contributed by atoms with Gasteiger partial charge in [0.1, 0.15) is 21.8 Å². The maximum atomic E-state index is 15.3. The molecule has 14 heteroatoms. The first kappa shape index (κ1) is 37.1. The van der Waals surface area contributed by atoms with E-state index in [4.69, 9.17) is 14.2 Å². The summed E-state index contributed by atoms with van der Waals surface area (Å²) in [5, 5.41) is 9.98. The Labute approximate surface area is 305 Å². The number of aromatic nitrogens is 1. The number of likely N-dealkylation sites (tertiary alicyclic amines) is 1. The van der Waals surface area contributed by atoms with Crippen LogP contribution in [-0.4, -0.2) is 113 Å². The average molecular weight is 731 g/mol. The van der Waals surface area contributed by atoms with E-state index in [9.17, 15) is 18.5 Å². The van der Waals surface area contributed by atoms with E-state index in [1.807, 2.05) is 0 Å². The van der Waals surface area contributed by atoms with Crippen LogP contribution in [0.4, 0.5) is 5.69 Å². The second-order valence-electron chi connectivity index (χ2n) is 13.3. The first-order chi connectivity index (χ1) is 25.1. The Bertz CT molecular complexity index is 1950. The third-order valence-electron chi connectivity index (χ3n) is 10.5. The van der Waals surface area contributed by atoms with Crippen LogP contribution in [0.3, 0.4) is 0 Å². The first-order valence-electron chi connectivity index (χ1n) is 17.8. The molecule has 0 aliphatic carbocycles. The summed E-state index contributed by atoms with van der Waals surface area (Å²) in [4.78, 5) is 40.7. The molecule has 3 aromatic rings. The molecule has 13 nitrogen and oxygen atoms in total. The van der Waals surface area contributed by atoms with Gasteiger partial charge in [-0.05, 0) is 74.7 Å². The molecular weight excluding hydrogens is 685 g/mol. The third-order valence-corrected chi connectivity index (χ3v) is 12.2. The summed E-state index contributed by atoms with van der Waals surface area (Å²) in [7, 11) is -1.88. The van der Waals surface area contributed by atoms with Gasteiger partial charge in [0, 0.05) is 69.6 Å². The number of ether oxygens (including phenoxy) is 3. The summed E-state index contributed by atoms with van der Waals surface area (Å²) in [6.07, 6.45) is 3.84. The summed E-state index contributed by atoms with van der Waals surface area (Å²) >= 11 is 0. The van der Waals surface area contributed by atoms with Gasteiger partial charge in [0.25, 0.3) is 15.9 Å². The minimum Gasteiger partial charge on any atom is -0.497 e. The molecule has 2 amide bonds. The van der Waals surface area contributed by atoms with Crippen LogP contribution in [0, 0.1) is 11.3 Å². The molecule has 276 valence electrons. The highest BCUT2D eigenvalue weighted by atomic mass is 32.2. The normalized spacial score (nSPS) is 20.0. The van der Waals surface area contributed by atoms with E-state index in [1.165, 1.54) is 56.8 Å². The number of amides is 2. The number of piperazine rings is 1. The fraction of sp³-hybridized carbons (Fsp3) is 0.474. The highest BCUT2D eigenvalue weighted by molar-refractivity contribution is 7.93. The number of piperidine rings is 1. The van der Waals surface area contributed by atoms with Crippen LogP contribution in [-0.2, 0) is 25.0 Å². The van der Waals surface area contributed by atoms with Gasteiger partial charge in [-0.25, -0.2) is 17.7 Å². The predicted octanol–water partition coefficient (Wildman–Crippen LogP) is 3.80. The minimum atomic E-state index is -4.66. The molecule has 0 N–H and O–H groups in total. The Hall–Kier alpha value is -4.71. The molecule has 52 heavy (non-hydrogen) atoms. The van der Waals surface area contributed by atoms with Crippen LogP contribution >= 0.6 is 0 Å². The number of hydrogen-bond acceptors (Lipinski definition) is 11. The number of rotatable bonds is 12. The molecule has 0 bridgehead atoms. The summed E-state index contributed by atoms with van der Waals surface area (Å²) in [6, 6.07) is 14.3. The molecule has 3 aliphatic rings. The van der Waals surface area contributed by atoms with Gasteiger partial charge in [-0.2, -0.15) is 5.26 Å². The summed E-state index contributed by atoms with van der Waals surface area (Å²) in [5.41, 5.74) is -1.22. The van der Waals surface area contributed by atoms with Crippen LogP contribution in [0.2, 0.25) is 0 Å². The van der Waals surface area contributed by atoms with E-state index in [1.54, 1.807) is 24.0 Å². The largest absolute Gasteiger partial charge is 0.497 e. The van der Waals surface area contributed by atoms with Crippen molar-refractivity contribution in [3.63, 3.8) is 0 Å². The van der Waals surface area contributed by atoms with Gasteiger partial charge in [0.2, 0.25) is 11.8 Å². The highest BCUT2D eigenvalue weighted by Crippen LogP contribution is 2.53. The average Bonchev–Trinajstić information content (AvgIpc) is 3.42. The van der Waals surface area contributed by atoms with Crippen LogP contribution in [0.15, 0.2) is 59.6 Å². The molecule has 2 saturated heterocycles. The standard InChI is InChI=1S/C38H46N6O7S/c1-5-16-41-19-21-42(22-20-41)28-13-17-43(18-14-28)35(45)25-38(30-8-7-15-40-36(30)51-6-2)31-23-27(26-39)9-11-32(31)44(37(38)46)52(47,48)34-12-10-29(49-3)24-33(34)50-4/h7-12,15,23-24,28H,5-6,13-14,16-22,25H2,1-4H3. The maximum absolute atomic E-state index is 15.3. The number of fused-ring (bicyclic) bond motifs is 1. The monoisotopic (exact) mass is 730 g/mol. The zero-order valence-electron chi connectivity index (χ0n) is 30.2. The number of methoxy groups -OCH3 is 2. The van der Waals surface area contributed by atoms with Crippen molar-refractivity contribution in [2.45, 2.75) is 55.9 Å². The van der Waals surface area contributed by atoms with E-state index >= 15 is 4.79 Å². The lowest BCUT2D eigenvalue weighted by molar-refractivity contribution is -0.136. The van der Waals surface area contributed by atoms with Gasteiger partial charge >= 0.3 is 0 Å². The molecule has 1 unspecified atom stereocenters. The lowest BCUT2D eigenvalue weighted by atomic mass is 9.72. The van der Waals surface area contributed by atoms with Crippen LogP contribution in [0.5, 0.6) is 17.4 Å². The van der Waals surface area contributed by atoms with Crippen molar-refractivity contribution in [2.75, 3.05) is 70.9 Å². The molecule has 3 aliphatic heterocycles. The third kappa shape index (κ3) is 6.68.